The van der Waals surface area contributed by atoms with Crippen molar-refractivity contribution in [2.45, 2.75) is 13.3 Å². The molecule has 0 aromatic rings. The highest BCUT2D eigenvalue weighted by atomic mass is 16.6. The van der Waals surface area contributed by atoms with E-state index in [1.807, 2.05) is 0 Å². The molecule has 0 saturated heterocycles. The van der Waals surface area contributed by atoms with Crippen molar-refractivity contribution >= 4 is 5.97 Å². The fraction of sp³-hybridized carbons (Fsp3) is 0.833. The van der Waals surface area contributed by atoms with Crippen LogP contribution in [0.3, 0.4) is 0 Å². The summed E-state index contributed by atoms with van der Waals surface area (Å²) in [7, 11) is 0. The van der Waals surface area contributed by atoms with Gasteiger partial charge in [0, 0.05) is 0 Å². The van der Waals surface area contributed by atoms with Gasteiger partial charge in [-0.3, -0.25) is 4.79 Å². The van der Waals surface area contributed by atoms with Gasteiger partial charge < -0.3 is 14.9 Å². The Morgan fingerprint density at radius 2 is 2.30 bits per heavy atom. The summed E-state index contributed by atoms with van der Waals surface area (Å²) in [4.78, 5) is 10.1. The van der Waals surface area contributed by atoms with Crippen LogP contribution in [0.25, 0.3) is 0 Å². The van der Waals surface area contributed by atoms with Crippen LogP contribution in [0.2, 0.25) is 0 Å². The minimum Gasteiger partial charge on any atom is -0.481 e. The van der Waals surface area contributed by atoms with Crippen molar-refractivity contribution in [2.75, 3.05) is 13.4 Å². The van der Waals surface area contributed by atoms with Gasteiger partial charge >= 0.3 is 5.97 Å². The maximum atomic E-state index is 10.1. The molecule has 10 heavy (non-hydrogen) atoms. The maximum absolute atomic E-state index is 10.1. The van der Waals surface area contributed by atoms with E-state index in [0.717, 1.165) is 0 Å². The third kappa shape index (κ3) is 5.53. The number of hydrogen-bond donors (Lipinski definition) is 2. The summed E-state index contributed by atoms with van der Waals surface area (Å²) in [6.07, 6.45) is 0.0833. The van der Waals surface area contributed by atoms with E-state index in [4.69, 9.17) is 10.2 Å². The Hall–Kier alpha value is -0.610. The number of hydrogen-bond acceptors (Lipinski definition) is 3. The second-order valence-corrected chi connectivity index (χ2v) is 2.20. The molecule has 1 atom stereocenters. The standard InChI is InChI=1S/C6H12O4/c1-5(2-6(8)9)3-10-4-7/h5,7H,2-4H2,1H3,(H,8,9). The third-order valence-electron chi connectivity index (χ3n) is 1.02. The monoisotopic (exact) mass is 148 g/mol. The molecule has 0 bridgehead atoms. The number of carboxylic acids is 1. The predicted molar refractivity (Wildman–Crippen MR) is 34.5 cm³/mol. The summed E-state index contributed by atoms with van der Waals surface area (Å²) in [5.41, 5.74) is 0. The topological polar surface area (TPSA) is 66.8 Å². The first-order valence-corrected chi connectivity index (χ1v) is 3.07. The van der Waals surface area contributed by atoms with Crippen LogP contribution in [0.1, 0.15) is 13.3 Å². The summed E-state index contributed by atoms with van der Waals surface area (Å²) in [6, 6.07) is 0. The summed E-state index contributed by atoms with van der Waals surface area (Å²) in [5, 5.41) is 16.4. The first-order chi connectivity index (χ1) is 4.66. The molecule has 4 nitrogen and oxygen atoms in total. The van der Waals surface area contributed by atoms with E-state index in [1.54, 1.807) is 6.92 Å². The molecule has 0 aliphatic heterocycles. The van der Waals surface area contributed by atoms with E-state index in [9.17, 15) is 4.79 Å². The van der Waals surface area contributed by atoms with Crippen molar-refractivity contribution in [3.8, 4) is 0 Å². The zero-order valence-corrected chi connectivity index (χ0v) is 5.91. The molecule has 0 heterocycles. The van der Waals surface area contributed by atoms with Crippen molar-refractivity contribution in [1.82, 2.24) is 0 Å². The number of rotatable bonds is 5. The lowest BCUT2D eigenvalue weighted by Gasteiger charge is -2.06. The molecule has 0 aromatic carbocycles. The smallest absolute Gasteiger partial charge is 0.303 e. The average molecular weight is 148 g/mol. The zero-order chi connectivity index (χ0) is 7.98. The molecule has 0 rings (SSSR count). The molecular weight excluding hydrogens is 136 g/mol. The normalized spacial score (nSPS) is 13.0. The van der Waals surface area contributed by atoms with Crippen LogP contribution in [0.5, 0.6) is 0 Å². The number of aliphatic hydroxyl groups is 1. The van der Waals surface area contributed by atoms with E-state index in [-0.39, 0.29) is 19.1 Å². The van der Waals surface area contributed by atoms with Gasteiger partial charge in [0.15, 0.2) is 0 Å². The number of ether oxygens (including phenoxy) is 1. The van der Waals surface area contributed by atoms with Gasteiger partial charge in [-0.15, -0.1) is 0 Å². The van der Waals surface area contributed by atoms with Crippen molar-refractivity contribution in [2.24, 2.45) is 5.92 Å². The van der Waals surface area contributed by atoms with Gasteiger partial charge in [-0.2, -0.15) is 0 Å². The van der Waals surface area contributed by atoms with Crippen LogP contribution in [-0.4, -0.2) is 29.6 Å². The first kappa shape index (κ1) is 9.39. The fourth-order valence-corrected chi connectivity index (χ4v) is 0.611. The second-order valence-electron chi connectivity index (χ2n) is 2.20. The number of aliphatic hydroxyl groups excluding tert-OH is 1. The number of carbonyl (C=O) groups is 1. The molecule has 0 amide bonds. The lowest BCUT2D eigenvalue weighted by Crippen LogP contribution is -2.11. The second kappa shape index (κ2) is 5.20. The Balaban J connectivity index is 3.25. The summed E-state index contributed by atoms with van der Waals surface area (Å²) < 4.78 is 4.59. The lowest BCUT2D eigenvalue weighted by molar-refractivity contribution is -0.138. The largest absolute Gasteiger partial charge is 0.481 e. The molecular formula is C6H12O4. The molecule has 60 valence electrons. The Labute approximate surface area is 59.4 Å². The van der Waals surface area contributed by atoms with Crippen molar-refractivity contribution in [3.05, 3.63) is 0 Å². The van der Waals surface area contributed by atoms with Gasteiger partial charge in [0.25, 0.3) is 0 Å². The number of aliphatic carboxylic acids is 1. The summed E-state index contributed by atoms with van der Waals surface area (Å²) >= 11 is 0. The summed E-state index contributed by atoms with van der Waals surface area (Å²) in [6.45, 7) is 1.70. The quantitative estimate of drug-likeness (QED) is 0.541. The Kier molecular flexibility index (Phi) is 4.88. The highest BCUT2D eigenvalue weighted by Gasteiger charge is 2.06. The van der Waals surface area contributed by atoms with Crippen molar-refractivity contribution in [1.29, 1.82) is 0 Å². The minimum absolute atomic E-state index is 0.0374. The molecule has 0 aliphatic rings. The molecule has 4 heteroatoms. The highest BCUT2D eigenvalue weighted by molar-refractivity contribution is 5.66. The van der Waals surface area contributed by atoms with E-state index < -0.39 is 5.97 Å². The van der Waals surface area contributed by atoms with Gasteiger partial charge in [-0.05, 0) is 5.92 Å². The summed E-state index contributed by atoms with van der Waals surface area (Å²) in [5.74, 6) is -0.876. The molecule has 0 radical (unpaired) electrons. The number of carboxylic acid groups (broad SMARTS) is 1. The van der Waals surface area contributed by atoms with Crippen molar-refractivity contribution in [3.63, 3.8) is 0 Å². The molecule has 0 saturated carbocycles. The van der Waals surface area contributed by atoms with Crippen molar-refractivity contribution < 1.29 is 19.7 Å². The van der Waals surface area contributed by atoms with Crippen LogP contribution >= 0.6 is 0 Å². The van der Waals surface area contributed by atoms with Crippen LogP contribution in [-0.2, 0) is 9.53 Å². The predicted octanol–water partition coefficient (Wildman–Crippen LogP) is 0.0636. The van der Waals surface area contributed by atoms with Gasteiger partial charge in [0.1, 0.15) is 6.79 Å². The lowest BCUT2D eigenvalue weighted by atomic mass is 10.1. The first-order valence-electron chi connectivity index (χ1n) is 3.07. The van der Waals surface area contributed by atoms with Gasteiger partial charge in [-0.1, -0.05) is 6.92 Å². The van der Waals surface area contributed by atoms with Crippen LogP contribution in [0.4, 0.5) is 0 Å². The zero-order valence-electron chi connectivity index (χ0n) is 5.91. The molecule has 0 fully saturated rings. The van der Waals surface area contributed by atoms with E-state index >= 15 is 0 Å². The molecule has 1 unspecified atom stereocenters. The Morgan fingerprint density at radius 3 is 2.70 bits per heavy atom. The highest BCUT2D eigenvalue weighted by Crippen LogP contribution is 2.00. The Morgan fingerprint density at radius 1 is 1.70 bits per heavy atom. The third-order valence-corrected chi connectivity index (χ3v) is 1.02. The van der Waals surface area contributed by atoms with E-state index in [1.165, 1.54) is 0 Å². The van der Waals surface area contributed by atoms with Crippen LogP contribution in [0.15, 0.2) is 0 Å². The molecule has 0 aliphatic carbocycles. The van der Waals surface area contributed by atoms with Crippen LogP contribution < -0.4 is 0 Å². The minimum atomic E-state index is -0.839. The van der Waals surface area contributed by atoms with Crippen LogP contribution in [0, 0.1) is 5.92 Å². The van der Waals surface area contributed by atoms with E-state index in [2.05, 4.69) is 4.74 Å². The Bertz CT molecular complexity index is 102. The van der Waals surface area contributed by atoms with E-state index in [0.29, 0.717) is 6.61 Å². The maximum Gasteiger partial charge on any atom is 0.303 e. The van der Waals surface area contributed by atoms with Gasteiger partial charge in [-0.25, -0.2) is 0 Å². The fourth-order valence-electron chi connectivity index (χ4n) is 0.611. The molecule has 0 spiro atoms. The SMILES string of the molecule is CC(COCO)CC(=O)O. The van der Waals surface area contributed by atoms with Gasteiger partial charge in [0.05, 0.1) is 13.0 Å². The average Bonchev–Trinajstić information content (AvgIpc) is 1.82. The molecule has 0 aromatic heterocycles. The molecule has 2 N–H and O–H groups in total. The van der Waals surface area contributed by atoms with Gasteiger partial charge in [0.2, 0.25) is 0 Å².